The van der Waals surface area contributed by atoms with Gasteiger partial charge in [-0.25, -0.2) is 0 Å². The molecule has 76 valence electrons. The third-order valence-electron chi connectivity index (χ3n) is 2.18. The summed E-state index contributed by atoms with van der Waals surface area (Å²) in [7, 11) is 0. The summed E-state index contributed by atoms with van der Waals surface area (Å²) in [5, 5.41) is 3.36. The molecule has 13 heavy (non-hydrogen) atoms. The molecule has 0 fully saturated rings. The third-order valence-corrected chi connectivity index (χ3v) is 2.18. The van der Waals surface area contributed by atoms with Crippen LogP contribution in [0, 0.1) is 0 Å². The normalized spacial score (nSPS) is 17.5. The minimum Gasteiger partial charge on any atom is -0.356 e. The van der Waals surface area contributed by atoms with Crippen molar-refractivity contribution in [1.29, 1.82) is 0 Å². The van der Waals surface area contributed by atoms with Gasteiger partial charge in [-0.2, -0.15) is 0 Å². The fourth-order valence-electron chi connectivity index (χ4n) is 1.49. The largest absolute Gasteiger partial charge is 0.356 e. The van der Waals surface area contributed by atoms with E-state index in [-0.39, 0.29) is 5.54 Å². The molecule has 0 unspecified atom stereocenters. The zero-order valence-corrected chi connectivity index (χ0v) is 9.22. The molecule has 0 saturated heterocycles. The summed E-state index contributed by atoms with van der Waals surface area (Å²) in [5.74, 6) is 1.08. The van der Waals surface area contributed by atoms with Crippen molar-refractivity contribution in [3.8, 4) is 0 Å². The predicted octanol–water partition coefficient (Wildman–Crippen LogP) is 1.46. The maximum absolute atomic E-state index is 4.45. The van der Waals surface area contributed by atoms with Crippen LogP contribution in [0.4, 0.5) is 0 Å². The summed E-state index contributed by atoms with van der Waals surface area (Å²) in [6.45, 7) is 11.8. The Hall–Kier alpha value is -0.730. The van der Waals surface area contributed by atoms with Gasteiger partial charge >= 0.3 is 0 Å². The second-order valence-corrected chi connectivity index (χ2v) is 4.45. The second-order valence-electron chi connectivity index (χ2n) is 4.45. The molecule has 0 spiro atoms. The summed E-state index contributed by atoms with van der Waals surface area (Å²) in [5.41, 5.74) is 0.191. The first-order valence-corrected chi connectivity index (χ1v) is 5.11. The molecule has 3 heteroatoms. The molecule has 1 heterocycles. The molecular weight excluding hydrogens is 162 g/mol. The Morgan fingerprint density at radius 2 is 2.15 bits per heavy atom. The van der Waals surface area contributed by atoms with Gasteiger partial charge in [0, 0.05) is 18.6 Å². The Kier molecular flexibility index (Phi) is 3.17. The lowest BCUT2D eigenvalue weighted by Gasteiger charge is -2.34. The van der Waals surface area contributed by atoms with Crippen molar-refractivity contribution >= 4 is 5.96 Å². The Labute approximate surface area is 81.2 Å². The molecule has 1 aliphatic heterocycles. The first-order chi connectivity index (χ1) is 6.05. The number of hydrogen-bond donors (Lipinski definition) is 1. The molecule has 0 amide bonds. The number of guanidine groups is 1. The van der Waals surface area contributed by atoms with Crippen LogP contribution in [-0.2, 0) is 0 Å². The van der Waals surface area contributed by atoms with Crippen molar-refractivity contribution in [2.24, 2.45) is 4.99 Å². The van der Waals surface area contributed by atoms with Gasteiger partial charge in [0.05, 0.1) is 6.54 Å². The van der Waals surface area contributed by atoms with Gasteiger partial charge in [0.2, 0.25) is 0 Å². The van der Waals surface area contributed by atoms with Gasteiger partial charge in [-0.1, -0.05) is 6.92 Å². The van der Waals surface area contributed by atoms with Crippen molar-refractivity contribution in [3.05, 3.63) is 0 Å². The van der Waals surface area contributed by atoms with Gasteiger partial charge in [-0.05, 0) is 27.2 Å². The highest BCUT2D eigenvalue weighted by Crippen LogP contribution is 2.16. The van der Waals surface area contributed by atoms with Crippen LogP contribution in [0.5, 0.6) is 0 Å². The van der Waals surface area contributed by atoms with Crippen LogP contribution in [-0.4, -0.2) is 36.0 Å². The summed E-state index contributed by atoms with van der Waals surface area (Å²) in [6.07, 6.45) is 1.15. The lowest BCUT2D eigenvalue weighted by atomic mass is 10.1. The molecule has 0 aromatic heterocycles. The smallest absolute Gasteiger partial charge is 0.194 e. The molecule has 0 aromatic rings. The number of aliphatic imine (C=N–C) groups is 1. The van der Waals surface area contributed by atoms with E-state index < -0.39 is 0 Å². The van der Waals surface area contributed by atoms with Gasteiger partial charge in [0.1, 0.15) is 0 Å². The lowest BCUT2D eigenvalue weighted by Crippen LogP contribution is -2.49. The third kappa shape index (κ3) is 2.61. The van der Waals surface area contributed by atoms with E-state index in [1.54, 1.807) is 0 Å². The topological polar surface area (TPSA) is 27.6 Å². The van der Waals surface area contributed by atoms with Gasteiger partial charge in [0.25, 0.3) is 0 Å². The molecule has 1 rings (SSSR count). The van der Waals surface area contributed by atoms with E-state index in [0.717, 1.165) is 32.0 Å². The van der Waals surface area contributed by atoms with Crippen LogP contribution in [0.2, 0.25) is 0 Å². The van der Waals surface area contributed by atoms with E-state index in [4.69, 9.17) is 0 Å². The van der Waals surface area contributed by atoms with E-state index in [0.29, 0.717) is 0 Å². The highest BCUT2D eigenvalue weighted by Gasteiger charge is 2.27. The average molecular weight is 183 g/mol. The molecule has 0 bridgehead atoms. The summed E-state index contributed by atoms with van der Waals surface area (Å²) < 4.78 is 0. The van der Waals surface area contributed by atoms with Crippen molar-refractivity contribution < 1.29 is 0 Å². The number of nitrogens with zero attached hydrogens (tertiary/aromatic N) is 2. The summed E-state index contributed by atoms with van der Waals surface area (Å²) >= 11 is 0. The van der Waals surface area contributed by atoms with Crippen LogP contribution in [0.15, 0.2) is 4.99 Å². The lowest BCUT2D eigenvalue weighted by molar-refractivity contribution is 0.250. The fourth-order valence-corrected chi connectivity index (χ4v) is 1.49. The Morgan fingerprint density at radius 1 is 1.46 bits per heavy atom. The maximum Gasteiger partial charge on any atom is 0.194 e. The summed E-state index contributed by atoms with van der Waals surface area (Å²) in [4.78, 5) is 6.79. The monoisotopic (exact) mass is 183 g/mol. The van der Waals surface area contributed by atoms with Crippen molar-refractivity contribution in [3.63, 3.8) is 0 Å². The zero-order valence-electron chi connectivity index (χ0n) is 9.22. The first-order valence-electron chi connectivity index (χ1n) is 5.11. The van der Waals surface area contributed by atoms with Crippen LogP contribution in [0.25, 0.3) is 0 Å². The molecule has 0 radical (unpaired) electrons. The molecule has 0 saturated carbocycles. The number of hydrogen-bond acceptors (Lipinski definition) is 3. The Bertz CT molecular complexity index is 191. The molecule has 3 nitrogen and oxygen atoms in total. The molecule has 0 atom stereocenters. The van der Waals surface area contributed by atoms with Gasteiger partial charge in [0.15, 0.2) is 5.96 Å². The SMILES string of the molecule is CCCNC1=NCCN1C(C)(C)C. The maximum atomic E-state index is 4.45. The minimum absolute atomic E-state index is 0.191. The van der Waals surface area contributed by atoms with Crippen molar-refractivity contribution in [1.82, 2.24) is 10.2 Å². The minimum atomic E-state index is 0.191. The second kappa shape index (κ2) is 3.99. The number of nitrogens with one attached hydrogen (secondary N) is 1. The number of rotatable bonds is 2. The van der Waals surface area contributed by atoms with Gasteiger partial charge in [-0.15, -0.1) is 0 Å². The molecule has 0 aromatic carbocycles. The van der Waals surface area contributed by atoms with E-state index in [1.165, 1.54) is 0 Å². The fraction of sp³-hybridized carbons (Fsp3) is 0.900. The van der Waals surface area contributed by atoms with E-state index in [9.17, 15) is 0 Å². The van der Waals surface area contributed by atoms with E-state index >= 15 is 0 Å². The van der Waals surface area contributed by atoms with Crippen molar-refractivity contribution in [2.75, 3.05) is 19.6 Å². The standard InChI is InChI=1S/C10H21N3/c1-5-6-11-9-12-7-8-13(9)10(2,3)4/h5-8H2,1-4H3,(H,11,12). The molecular formula is C10H21N3. The molecule has 1 N–H and O–H groups in total. The predicted molar refractivity (Wildman–Crippen MR) is 57.1 cm³/mol. The average Bonchev–Trinajstić information content (AvgIpc) is 2.47. The molecule has 1 aliphatic rings. The quantitative estimate of drug-likeness (QED) is 0.702. The van der Waals surface area contributed by atoms with Gasteiger partial charge in [-0.3, -0.25) is 4.99 Å². The highest BCUT2D eigenvalue weighted by atomic mass is 15.4. The van der Waals surface area contributed by atoms with Crippen LogP contribution in [0.3, 0.4) is 0 Å². The zero-order chi connectivity index (χ0) is 9.90. The Morgan fingerprint density at radius 3 is 2.69 bits per heavy atom. The van der Waals surface area contributed by atoms with E-state index in [2.05, 4.69) is 42.9 Å². The van der Waals surface area contributed by atoms with Crippen LogP contribution in [0.1, 0.15) is 34.1 Å². The van der Waals surface area contributed by atoms with Crippen LogP contribution >= 0.6 is 0 Å². The van der Waals surface area contributed by atoms with Crippen LogP contribution < -0.4 is 5.32 Å². The van der Waals surface area contributed by atoms with E-state index in [1.807, 2.05) is 0 Å². The van der Waals surface area contributed by atoms with Crippen molar-refractivity contribution in [2.45, 2.75) is 39.7 Å². The first kappa shape index (κ1) is 10.4. The summed E-state index contributed by atoms with van der Waals surface area (Å²) in [6, 6.07) is 0. The highest BCUT2D eigenvalue weighted by molar-refractivity contribution is 5.82. The molecule has 0 aliphatic carbocycles. The van der Waals surface area contributed by atoms with Gasteiger partial charge < -0.3 is 10.2 Å². The Balaban J connectivity index is 2.53.